The van der Waals surface area contributed by atoms with E-state index in [9.17, 15) is 9.59 Å². The Balaban J connectivity index is 2.15. The molecule has 0 bridgehead atoms. The molecule has 3 aromatic rings. The van der Waals surface area contributed by atoms with Gasteiger partial charge in [0.25, 0.3) is 11.1 Å². The van der Waals surface area contributed by atoms with Crippen molar-refractivity contribution in [3.8, 4) is 11.5 Å². The molecule has 124 valence electrons. The lowest BCUT2D eigenvalue weighted by Crippen LogP contribution is -2.27. The maximum atomic E-state index is 12.4. The Kier molecular flexibility index (Phi) is 4.30. The third kappa shape index (κ3) is 2.88. The van der Waals surface area contributed by atoms with Gasteiger partial charge in [0, 0.05) is 0 Å². The number of benzene rings is 1. The summed E-state index contributed by atoms with van der Waals surface area (Å²) >= 11 is 1.12. The Morgan fingerprint density at radius 3 is 2.79 bits per heavy atom. The average Bonchev–Trinajstić information content (AvgIpc) is 2.85. The van der Waals surface area contributed by atoms with Crippen LogP contribution in [0.2, 0.25) is 0 Å². The van der Waals surface area contributed by atoms with E-state index in [1.165, 1.54) is 6.92 Å². The molecule has 0 fully saturated rings. The number of nitrogens with zero attached hydrogens (tertiary/aromatic N) is 3. The molecule has 0 saturated heterocycles. The summed E-state index contributed by atoms with van der Waals surface area (Å²) in [5.41, 5.74) is 0.235. The van der Waals surface area contributed by atoms with Gasteiger partial charge in [-0.05, 0) is 37.6 Å². The van der Waals surface area contributed by atoms with Gasteiger partial charge in [-0.25, -0.2) is 0 Å². The average molecular weight is 345 g/mol. The topological polar surface area (TPSA) is 82.8 Å². The summed E-state index contributed by atoms with van der Waals surface area (Å²) in [6, 6.07) is 5.40. The molecule has 8 heteroatoms. The van der Waals surface area contributed by atoms with Crippen LogP contribution in [0.4, 0.5) is 0 Å². The Labute approximate surface area is 140 Å². The Morgan fingerprint density at radius 2 is 2.08 bits per heavy atom. The fraction of sp³-hybridized carbons (Fsp3) is 0.250. The molecule has 2 aromatic heterocycles. The highest BCUT2D eigenvalue weighted by Crippen LogP contribution is 2.28. The quantitative estimate of drug-likeness (QED) is 0.695. The minimum absolute atomic E-state index is 0.191. The Bertz CT molecular complexity index is 1070. The van der Waals surface area contributed by atoms with E-state index >= 15 is 0 Å². The first-order chi connectivity index (χ1) is 11.5. The highest BCUT2D eigenvalue weighted by molar-refractivity contribution is 7.15. The molecular weight excluding hydrogens is 330 g/mol. The molecule has 0 radical (unpaired) electrons. The monoisotopic (exact) mass is 345 g/mol. The molecule has 0 unspecified atom stereocenters. The van der Waals surface area contributed by atoms with Crippen molar-refractivity contribution in [3.63, 3.8) is 0 Å². The van der Waals surface area contributed by atoms with Crippen LogP contribution < -0.4 is 25.1 Å². The number of aryl methyl sites for hydroxylation is 1. The van der Waals surface area contributed by atoms with Crippen molar-refractivity contribution in [2.45, 2.75) is 13.8 Å². The smallest absolute Gasteiger partial charge is 0.295 e. The molecule has 2 heterocycles. The first-order valence-corrected chi connectivity index (χ1v) is 8.08. The van der Waals surface area contributed by atoms with E-state index in [0.29, 0.717) is 22.6 Å². The number of ether oxygens (including phenoxy) is 2. The van der Waals surface area contributed by atoms with Gasteiger partial charge in [0.2, 0.25) is 4.96 Å². The van der Waals surface area contributed by atoms with Crippen LogP contribution in [-0.4, -0.2) is 28.3 Å². The Morgan fingerprint density at radius 1 is 1.29 bits per heavy atom. The molecule has 0 aliphatic rings. The zero-order valence-electron chi connectivity index (χ0n) is 13.4. The highest BCUT2D eigenvalue weighted by Gasteiger charge is 2.09. The van der Waals surface area contributed by atoms with Crippen molar-refractivity contribution in [2.24, 2.45) is 0 Å². The van der Waals surface area contributed by atoms with E-state index in [2.05, 4.69) is 10.1 Å². The number of fused-ring (bicyclic) bond motifs is 1. The largest absolute Gasteiger partial charge is 0.493 e. The zero-order valence-corrected chi connectivity index (χ0v) is 14.2. The first kappa shape index (κ1) is 16.1. The maximum Gasteiger partial charge on any atom is 0.295 e. The predicted octanol–water partition coefficient (Wildman–Crippen LogP) is 0.775. The number of aromatic nitrogens is 3. The van der Waals surface area contributed by atoms with Gasteiger partial charge in [0.05, 0.1) is 18.2 Å². The van der Waals surface area contributed by atoms with Crippen molar-refractivity contribution in [1.29, 1.82) is 0 Å². The van der Waals surface area contributed by atoms with E-state index in [1.807, 2.05) is 13.0 Å². The Hall–Kier alpha value is -2.74. The van der Waals surface area contributed by atoms with Crippen molar-refractivity contribution < 1.29 is 9.47 Å². The van der Waals surface area contributed by atoms with Crippen LogP contribution >= 0.6 is 11.3 Å². The molecule has 0 N–H and O–H groups in total. The van der Waals surface area contributed by atoms with E-state index < -0.39 is 5.56 Å². The molecular formula is C16H15N3O4S. The fourth-order valence-corrected chi connectivity index (χ4v) is 3.09. The van der Waals surface area contributed by atoms with Crippen LogP contribution in [0.5, 0.6) is 11.5 Å². The van der Waals surface area contributed by atoms with Crippen LogP contribution in [0.3, 0.4) is 0 Å². The maximum absolute atomic E-state index is 12.4. The lowest BCUT2D eigenvalue weighted by molar-refractivity contribution is 0.311. The molecule has 7 nitrogen and oxygen atoms in total. The van der Waals surface area contributed by atoms with E-state index in [1.54, 1.807) is 25.3 Å². The van der Waals surface area contributed by atoms with Crippen molar-refractivity contribution in [2.75, 3.05) is 13.7 Å². The van der Waals surface area contributed by atoms with Crippen LogP contribution in [0.1, 0.15) is 18.2 Å². The lowest BCUT2D eigenvalue weighted by Gasteiger charge is -2.09. The molecule has 0 spiro atoms. The predicted molar refractivity (Wildman–Crippen MR) is 91.1 cm³/mol. The molecule has 0 aliphatic heterocycles. The van der Waals surface area contributed by atoms with E-state index in [-0.39, 0.29) is 16.2 Å². The molecule has 24 heavy (non-hydrogen) atoms. The number of hydrogen-bond donors (Lipinski definition) is 0. The van der Waals surface area contributed by atoms with Crippen LogP contribution in [0.25, 0.3) is 11.0 Å². The van der Waals surface area contributed by atoms with Crippen molar-refractivity contribution in [3.05, 3.63) is 54.7 Å². The fourth-order valence-electron chi connectivity index (χ4n) is 2.19. The summed E-state index contributed by atoms with van der Waals surface area (Å²) < 4.78 is 12.4. The third-order valence-electron chi connectivity index (χ3n) is 3.33. The first-order valence-electron chi connectivity index (χ1n) is 7.26. The number of thiazole rings is 1. The van der Waals surface area contributed by atoms with Gasteiger partial charge in [-0.3, -0.25) is 9.59 Å². The number of hydrogen-bond acceptors (Lipinski definition) is 7. The number of methoxy groups -OCH3 is 1. The van der Waals surface area contributed by atoms with E-state index in [4.69, 9.17) is 9.47 Å². The minimum Gasteiger partial charge on any atom is -0.493 e. The van der Waals surface area contributed by atoms with Crippen molar-refractivity contribution >= 4 is 22.4 Å². The molecule has 0 aliphatic carbocycles. The summed E-state index contributed by atoms with van der Waals surface area (Å²) in [5, 5.41) is 3.98. The summed E-state index contributed by atoms with van der Waals surface area (Å²) in [4.78, 5) is 28.1. The van der Waals surface area contributed by atoms with Gasteiger partial charge in [-0.2, -0.15) is 14.6 Å². The second-order valence-electron chi connectivity index (χ2n) is 4.96. The molecule has 0 atom stereocenters. The SMILES string of the molecule is CCOc1ccc(C=c2sc3nc(=O)c(C)nn3c2=O)cc1OC. The van der Waals surface area contributed by atoms with Gasteiger partial charge < -0.3 is 9.47 Å². The molecule has 0 saturated carbocycles. The van der Waals surface area contributed by atoms with Crippen molar-refractivity contribution in [1.82, 2.24) is 14.6 Å². The molecule has 0 amide bonds. The van der Waals surface area contributed by atoms with Gasteiger partial charge in [-0.15, -0.1) is 0 Å². The summed E-state index contributed by atoms with van der Waals surface area (Å²) in [7, 11) is 1.56. The van der Waals surface area contributed by atoms with Crippen LogP contribution in [0.15, 0.2) is 27.8 Å². The van der Waals surface area contributed by atoms with Gasteiger partial charge >= 0.3 is 0 Å². The number of rotatable bonds is 4. The van der Waals surface area contributed by atoms with Crippen LogP contribution in [-0.2, 0) is 0 Å². The second kappa shape index (κ2) is 6.40. The molecule has 1 aromatic carbocycles. The standard InChI is InChI=1S/C16H15N3O4S/c1-4-23-11-6-5-10(7-12(11)22-3)8-13-15(21)19-16(24-13)17-14(20)9(2)18-19/h5-8H,4H2,1-3H3. The highest BCUT2D eigenvalue weighted by atomic mass is 32.1. The summed E-state index contributed by atoms with van der Waals surface area (Å²) in [6.07, 6.45) is 1.71. The van der Waals surface area contributed by atoms with E-state index in [0.717, 1.165) is 21.4 Å². The second-order valence-corrected chi connectivity index (χ2v) is 5.96. The normalized spacial score (nSPS) is 11.9. The van der Waals surface area contributed by atoms with Gasteiger partial charge in [0.15, 0.2) is 11.5 Å². The van der Waals surface area contributed by atoms with Gasteiger partial charge in [-0.1, -0.05) is 17.4 Å². The zero-order chi connectivity index (χ0) is 17.3. The summed E-state index contributed by atoms with van der Waals surface area (Å²) in [6.45, 7) is 3.95. The van der Waals surface area contributed by atoms with Crippen LogP contribution in [0, 0.1) is 6.92 Å². The third-order valence-corrected chi connectivity index (χ3v) is 4.29. The molecule has 3 rings (SSSR count). The van der Waals surface area contributed by atoms with Gasteiger partial charge in [0.1, 0.15) is 5.69 Å². The minimum atomic E-state index is -0.425. The summed E-state index contributed by atoms with van der Waals surface area (Å²) in [5.74, 6) is 1.22. The lowest BCUT2D eigenvalue weighted by atomic mass is 10.2.